The Morgan fingerprint density at radius 3 is 2.89 bits per heavy atom. The van der Waals surface area contributed by atoms with E-state index >= 15 is 0 Å². The maximum atomic E-state index is 12.1. The summed E-state index contributed by atoms with van der Waals surface area (Å²) in [7, 11) is 0. The summed E-state index contributed by atoms with van der Waals surface area (Å²) in [5.74, 6) is 0.860. The average molecular weight is 277 g/mol. The molecule has 3 rings (SSSR count). The second-order valence-electron chi connectivity index (χ2n) is 3.93. The van der Waals surface area contributed by atoms with Crippen LogP contribution in [0.15, 0.2) is 41.5 Å². The van der Waals surface area contributed by atoms with Crippen LogP contribution in [0.4, 0.5) is 0 Å². The van der Waals surface area contributed by atoms with E-state index in [-0.39, 0.29) is 5.43 Å². The third kappa shape index (κ3) is 1.83. The summed E-state index contributed by atoms with van der Waals surface area (Å²) in [6.45, 7) is 1.91. The van der Waals surface area contributed by atoms with Crippen LogP contribution < -0.4 is 5.43 Å². The first-order valence-corrected chi connectivity index (χ1v) is 6.58. The molecule has 0 unspecified atom stereocenters. The topological polar surface area (TPSA) is 34.9 Å². The van der Waals surface area contributed by atoms with Gasteiger partial charge >= 0.3 is 0 Å². The van der Waals surface area contributed by atoms with Crippen LogP contribution in [0, 0.1) is 6.92 Å². The number of aromatic nitrogens is 2. The van der Waals surface area contributed by atoms with Crippen LogP contribution in [-0.4, -0.2) is 9.55 Å². The van der Waals surface area contributed by atoms with Gasteiger partial charge in [-0.2, -0.15) is 0 Å². The molecule has 2 aromatic heterocycles. The number of nitrogens with zero attached hydrogens (tertiary/aromatic N) is 2. The first-order valence-electron chi connectivity index (χ1n) is 5.39. The molecule has 3 nitrogen and oxygen atoms in total. The van der Waals surface area contributed by atoms with Crippen LogP contribution >= 0.6 is 22.9 Å². The second kappa shape index (κ2) is 4.23. The number of aryl methyl sites for hydroxylation is 1. The summed E-state index contributed by atoms with van der Waals surface area (Å²) < 4.78 is 2.83. The molecule has 5 heteroatoms. The van der Waals surface area contributed by atoms with Crippen molar-refractivity contribution in [3.8, 4) is 5.00 Å². The van der Waals surface area contributed by atoms with E-state index in [4.69, 9.17) is 11.6 Å². The predicted molar refractivity (Wildman–Crippen MR) is 75.0 cm³/mol. The van der Waals surface area contributed by atoms with Crippen molar-refractivity contribution in [3.63, 3.8) is 0 Å². The number of fused-ring (bicyclic) bond motifs is 1. The van der Waals surface area contributed by atoms with Crippen molar-refractivity contribution in [2.45, 2.75) is 6.92 Å². The molecule has 0 N–H and O–H groups in total. The monoisotopic (exact) mass is 276 g/mol. The molecule has 90 valence electrons. The van der Waals surface area contributed by atoms with E-state index in [1.807, 2.05) is 23.8 Å². The summed E-state index contributed by atoms with van der Waals surface area (Å²) in [5, 5.41) is 2.11. The lowest BCUT2D eigenvalue weighted by molar-refractivity contribution is 0.992. The lowest BCUT2D eigenvalue weighted by Crippen LogP contribution is -2.03. The molecule has 0 aliphatic carbocycles. The summed E-state index contributed by atoms with van der Waals surface area (Å²) >= 11 is 7.45. The quantitative estimate of drug-likeness (QED) is 0.683. The number of hydrogen-bond donors (Lipinski definition) is 0. The lowest BCUT2D eigenvalue weighted by atomic mass is 10.2. The Labute approximate surface area is 112 Å². The smallest absolute Gasteiger partial charge is 0.190 e. The minimum absolute atomic E-state index is 0.0191. The molecule has 3 aromatic rings. The Kier molecular flexibility index (Phi) is 2.69. The molecule has 0 aliphatic rings. The van der Waals surface area contributed by atoms with Crippen molar-refractivity contribution < 1.29 is 0 Å². The minimum atomic E-state index is -0.0191. The Balaban J connectivity index is 2.32. The largest absolute Gasteiger partial charge is 0.295 e. The molecule has 18 heavy (non-hydrogen) atoms. The third-order valence-corrected chi connectivity index (χ3v) is 4.07. The lowest BCUT2D eigenvalue weighted by Gasteiger charge is -2.05. The van der Waals surface area contributed by atoms with Gasteiger partial charge in [0.05, 0.1) is 0 Å². The van der Waals surface area contributed by atoms with Gasteiger partial charge in [-0.3, -0.25) is 9.36 Å². The van der Waals surface area contributed by atoms with Gasteiger partial charge in [0.25, 0.3) is 0 Å². The zero-order valence-electron chi connectivity index (χ0n) is 9.55. The number of hydrogen-bond acceptors (Lipinski definition) is 3. The molecule has 0 spiro atoms. The normalized spacial score (nSPS) is 11.0. The molecule has 2 heterocycles. The Hall–Kier alpha value is -1.65. The first kappa shape index (κ1) is 11.4. The van der Waals surface area contributed by atoms with Crippen LogP contribution in [0.2, 0.25) is 5.02 Å². The number of imidazole rings is 1. The van der Waals surface area contributed by atoms with Gasteiger partial charge in [-0.25, -0.2) is 4.98 Å². The highest BCUT2D eigenvalue weighted by Gasteiger charge is 2.06. The second-order valence-corrected chi connectivity index (χ2v) is 5.43. The highest BCUT2D eigenvalue weighted by molar-refractivity contribution is 7.20. The fourth-order valence-corrected chi connectivity index (χ4v) is 3.11. The molecule has 0 radical (unpaired) electrons. The average Bonchev–Trinajstić information content (AvgIpc) is 2.76. The van der Waals surface area contributed by atoms with Crippen LogP contribution in [0.3, 0.4) is 0 Å². The van der Waals surface area contributed by atoms with Crippen molar-refractivity contribution in [3.05, 3.63) is 57.7 Å². The van der Waals surface area contributed by atoms with E-state index in [1.54, 1.807) is 35.7 Å². The van der Waals surface area contributed by atoms with Gasteiger partial charge in [0.2, 0.25) is 0 Å². The van der Waals surface area contributed by atoms with Gasteiger partial charge in [-0.1, -0.05) is 11.6 Å². The van der Waals surface area contributed by atoms with Crippen molar-refractivity contribution >= 4 is 33.0 Å². The molecule has 0 aliphatic heterocycles. The predicted octanol–water partition coefficient (Wildman–Crippen LogP) is 3.41. The summed E-state index contributed by atoms with van der Waals surface area (Å²) in [4.78, 5) is 16.2. The molecule has 0 atom stereocenters. The van der Waals surface area contributed by atoms with Crippen molar-refractivity contribution in [2.75, 3.05) is 0 Å². The van der Waals surface area contributed by atoms with Gasteiger partial charge in [0.1, 0.15) is 10.8 Å². The van der Waals surface area contributed by atoms with Gasteiger partial charge < -0.3 is 0 Å². The fraction of sp³-hybridized carbons (Fsp3) is 0.0769. The molecule has 0 saturated heterocycles. The molecule has 0 saturated carbocycles. The van der Waals surface area contributed by atoms with E-state index in [9.17, 15) is 4.79 Å². The van der Waals surface area contributed by atoms with Crippen LogP contribution in [-0.2, 0) is 0 Å². The molecule has 0 bridgehead atoms. The third-order valence-electron chi connectivity index (χ3n) is 2.74. The van der Waals surface area contributed by atoms with Gasteiger partial charge in [0, 0.05) is 33.6 Å². The standard InChI is InChI=1S/C13H9ClN2OS/c1-8-15-4-5-16(8)13-7-11(17)10-6-9(14)2-3-12(10)18-13/h2-7H,1H3. The van der Waals surface area contributed by atoms with E-state index in [1.165, 1.54) is 0 Å². The highest BCUT2D eigenvalue weighted by Crippen LogP contribution is 2.25. The van der Waals surface area contributed by atoms with Crippen molar-refractivity contribution in [1.29, 1.82) is 0 Å². The minimum Gasteiger partial charge on any atom is -0.295 e. The van der Waals surface area contributed by atoms with Crippen LogP contribution in [0.5, 0.6) is 0 Å². The maximum absolute atomic E-state index is 12.1. The zero-order chi connectivity index (χ0) is 12.7. The van der Waals surface area contributed by atoms with Crippen LogP contribution in [0.25, 0.3) is 15.1 Å². The van der Waals surface area contributed by atoms with E-state index in [2.05, 4.69) is 4.98 Å². The van der Waals surface area contributed by atoms with E-state index in [0.717, 1.165) is 15.5 Å². The molecule has 0 amide bonds. The van der Waals surface area contributed by atoms with Crippen molar-refractivity contribution in [1.82, 2.24) is 9.55 Å². The van der Waals surface area contributed by atoms with Crippen molar-refractivity contribution in [2.24, 2.45) is 0 Å². The summed E-state index contributed by atoms with van der Waals surface area (Å²) in [5.41, 5.74) is -0.0191. The van der Waals surface area contributed by atoms with E-state index < -0.39 is 0 Å². The molecule has 0 fully saturated rings. The summed E-state index contributed by atoms with van der Waals surface area (Å²) in [6.07, 6.45) is 3.57. The number of halogens is 1. The number of rotatable bonds is 1. The highest BCUT2D eigenvalue weighted by atomic mass is 35.5. The Bertz CT molecular complexity index is 791. The molecular weight excluding hydrogens is 268 g/mol. The number of benzene rings is 1. The fourth-order valence-electron chi connectivity index (χ4n) is 1.85. The van der Waals surface area contributed by atoms with Gasteiger partial charge in [-0.05, 0) is 25.1 Å². The molecule has 1 aromatic carbocycles. The summed E-state index contributed by atoms with van der Waals surface area (Å²) in [6, 6.07) is 7.00. The SMILES string of the molecule is Cc1nccn1-c1cc(=O)c2cc(Cl)ccc2s1. The maximum Gasteiger partial charge on any atom is 0.190 e. The first-order chi connectivity index (χ1) is 8.65. The van der Waals surface area contributed by atoms with Gasteiger partial charge in [0.15, 0.2) is 5.43 Å². The van der Waals surface area contributed by atoms with E-state index in [0.29, 0.717) is 10.4 Å². The van der Waals surface area contributed by atoms with Gasteiger partial charge in [-0.15, -0.1) is 11.3 Å². The molecular formula is C13H9ClN2OS. The van der Waals surface area contributed by atoms with Crippen LogP contribution in [0.1, 0.15) is 5.82 Å². The Morgan fingerprint density at radius 2 is 2.17 bits per heavy atom. The zero-order valence-corrected chi connectivity index (χ0v) is 11.1. The Morgan fingerprint density at radius 1 is 1.33 bits per heavy atom.